The van der Waals surface area contributed by atoms with Crippen molar-refractivity contribution in [2.75, 3.05) is 13.1 Å². The minimum absolute atomic E-state index is 0.0933. The lowest BCUT2D eigenvalue weighted by Gasteiger charge is -2.46. The van der Waals surface area contributed by atoms with E-state index in [4.69, 9.17) is 30.4 Å². The summed E-state index contributed by atoms with van der Waals surface area (Å²) in [7, 11) is 0. The first-order valence-electron chi connectivity index (χ1n) is 25.1. The third kappa shape index (κ3) is 21.9. The van der Waals surface area contributed by atoms with Crippen molar-refractivity contribution in [3.05, 3.63) is 85.1 Å². The number of hydrogen-bond acceptors (Lipinski definition) is 18. The topological polar surface area (TPSA) is 337 Å². The number of amides is 1. The SMILES string of the molecule is C[C@@H]1OC(=O)CC(O)CC(O)CCC(O)C(O)CC(O)CC2(O)C[C@H](O)C(C(=O)NCCCCCN)[C@H](CC(O[C@@H]3O[C@H](C)C(O)[C@H](N)[C@@H]3O)/C=C/C=C/C=C/C=C/C=C/C=C/C=C/[C@H](C)C(O)[C@H]1C)O2. The Labute approximate surface area is 418 Å². The first-order valence-corrected chi connectivity index (χ1v) is 25.1. The predicted octanol–water partition coefficient (Wildman–Crippen LogP) is 0.872. The van der Waals surface area contributed by atoms with E-state index in [1.54, 1.807) is 63.3 Å². The summed E-state index contributed by atoms with van der Waals surface area (Å²) in [5.74, 6) is -5.54. The molecule has 2 saturated heterocycles. The van der Waals surface area contributed by atoms with Crippen molar-refractivity contribution >= 4 is 11.9 Å². The van der Waals surface area contributed by atoms with Crippen molar-refractivity contribution < 1.29 is 79.6 Å². The highest BCUT2D eigenvalue weighted by molar-refractivity contribution is 5.80. The number of unbranched alkanes of at least 4 members (excludes halogenated alkanes) is 2. The van der Waals surface area contributed by atoms with Gasteiger partial charge in [0.25, 0.3) is 0 Å². The van der Waals surface area contributed by atoms with Gasteiger partial charge in [0.1, 0.15) is 12.2 Å². The van der Waals surface area contributed by atoms with Crippen molar-refractivity contribution in [2.24, 2.45) is 29.2 Å². The molecular formula is C52H85N3O16. The van der Waals surface area contributed by atoms with Gasteiger partial charge >= 0.3 is 5.97 Å². The van der Waals surface area contributed by atoms with E-state index in [0.717, 1.165) is 12.8 Å². The van der Waals surface area contributed by atoms with E-state index >= 15 is 0 Å². The highest BCUT2D eigenvalue weighted by Gasteiger charge is 2.51. The lowest BCUT2D eigenvalue weighted by atomic mass is 9.82. The first-order chi connectivity index (χ1) is 33.7. The second-order valence-electron chi connectivity index (χ2n) is 19.4. The maximum Gasteiger partial charge on any atom is 0.308 e. The molecule has 19 nitrogen and oxygen atoms in total. The lowest BCUT2D eigenvalue weighted by molar-refractivity contribution is -0.307. The van der Waals surface area contributed by atoms with E-state index in [2.05, 4.69) is 5.32 Å². The van der Waals surface area contributed by atoms with Crippen LogP contribution >= 0.6 is 0 Å². The molecule has 2 fully saturated rings. The van der Waals surface area contributed by atoms with Crippen molar-refractivity contribution in [1.29, 1.82) is 0 Å². The maximum atomic E-state index is 13.8. The molecule has 0 radical (unpaired) electrons. The molecule has 0 aromatic heterocycles. The largest absolute Gasteiger partial charge is 0.462 e. The number of fused-ring (bicyclic) bond motifs is 2. The molecule has 3 aliphatic rings. The van der Waals surface area contributed by atoms with Gasteiger partial charge in [-0.3, -0.25) is 9.59 Å². The zero-order chi connectivity index (χ0) is 52.7. The highest BCUT2D eigenvalue weighted by atomic mass is 16.7. The van der Waals surface area contributed by atoms with Crippen LogP contribution in [0.25, 0.3) is 0 Å². The molecule has 2 bridgehead atoms. The van der Waals surface area contributed by atoms with Crippen molar-refractivity contribution in [2.45, 2.75) is 196 Å². The van der Waals surface area contributed by atoms with E-state index in [1.807, 2.05) is 49.5 Å². The van der Waals surface area contributed by atoms with Crippen LogP contribution in [0.1, 0.15) is 98.3 Å². The normalized spacial score (nSPS) is 42.6. The molecule has 0 aromatic rings. The summed E-state index contributed by atoms with van der Waals surface area (Å²) >= 11 is 0. The number of carbonyl (C=O) groups is 2. The third-order valence-electron chi connectivity index (χ3n) is 13.2. The number of aliphatic hydroxyl groups excluding tert-OH is 9. The van der Waals surface area contributed by atoms with E-state index in [1.165, 1.54) is 0 Å². The predicted molar refractivity (Wildman–Crippen MR) is 265 cm³/mol. The number of hydrogen-bond donors (Lipinski definition) is 13. The number of allylic oxidation sites excluding steroid dienone is 12. The Morgan fingerprint density at radius 2 is 1.30 bits per heavy atom. The Bertz CT molecular complexity index is 1780. The molecule has 0 aromatic carbocycles. The van der Waals surface area contributed by atoms with Crippen LogP contribution in [-0.4, -0.2) is 174 Å². The minimum Gasteiger partial charge on any atom is -0.462 e. The quantitative estimate of drug-likeness (QED) is 0.119. The van der Waals surface area contributed by atoms with Crippen molar-refractivity contribution in [1.82, 2.24) is 5.32 Å². The molecule has 3 rings (SSSR count). The van der Waals surface area contributed by atoms with Crippen LogP contribution < -0.4 is 16.8 Å². The van der Waals surface area contributed by atoms with E-state index < -0.39 is 147 Å². The Hall–Kier alpha value is -3.48. The van der Waals surface area contributed by atoms with Crippen LogP contribution in [0, 0.1) is 17.8 Å². The van der Waals surface area contributed by atoms with Crippen LogP contribution in [0.2, 0.25) is 0 Å². The van der Waals surface area contributed by atoms with Gasteiger partial charge in [-0.25, -0.2) is 0 Å². The zero-order valence-corrected chi connectivity index (χ0v) is 41.7. The fourth-order valence-electron chi connectivity index (χ4n) is 8.76. The molecule has 3 aliphatic heterocycles. The fraction of sp³-hybridized carbons (Fsp3) is 0.692. The van der Waals surface area contributed by atoms with Gasteiger partial charge in [-0.1, -0.05) is 105 Å². The minimum atomic E-state index is -2.26. The highest BCUT2D eigenvalue weighted by Crippen LogP contribution is 2.38. The summed E-state index contributed by atoms with van der Waals surface area (Å²) in [4.78, 5) is 26.5. The van der Waals surface area contributed by atoms with Crippen molar-refractivity contribution in [3.8, 4) is 0 Å². The van der Waals surface area contributed by atoms with Gasteiger partial charge < -0.3 is 86.8 Å². The number of esters is 1. The van der Waals surface area contributed by atoms with Crippen LogP contribution in [0.15, 0.2) is 85.1 Å². The van der Waals surface area contributed by atoms with Gasteiger partial charge in [0.15, 0.2) is 12.1 Å². The number of aliphatic hydroxyl groups is 10. The number of cyclic esters (lactones) is 1. The number of carbonyl (C=O) groups excluding carboxylic acids is 2. The molecular weight excluding hydrogens is 923 g/mol. The summed E-state index contributed by atoms with van der Waals surface area (Å²) in [6.45, 7) is 7.56. The van der Waals surface area contributed by atoms with Crippen LogP contribution in [0.3, 0.4) is 0 Å². The smallest absolute Gasteiger partial charge is 0.308 e. The zero-order valence-electron chi connectivity index (χ0n) is 41.7. The number of nitrogens with two attached hydrogens (primary N) is 2. The van der Waals surface area contributed by atoms with Gasteiger partial charge in [-0.2, -0.15) is 0 Å². The number of nitrogens with one attached hydrogen (secondary N) is 1. The molecule has 71 heavy (non-hydrogen) atoms. The molecule has 0 aliphatic carbocycles. The molecule has 0 saturated carbocycles. The van der Waals surface area contributed by atoms with Gasteiger partial charge in [0, 0.05) is 44.1 Å². The van der Waals surface area contributed by atoms with Crippen molar-refractivity contribution in [3.63, 3.8) is 0 Å². The molecule has 3 heterocycles. The van der Waals surface area contributed by atoms with Gasteiger partial charge in [-0.15, -0.1) is 0 Å². The summed E-state index contributed by atoms with van der Waals surface area (Å²) in [5.41, 5.74) is 11.7. The summed E-state index contributed by atoms with van der Waals surface area (Å²) in [5, 5.41) is 113. The average Bonchev–Trinajstić information content (AvgIpc) is 3.30. The van der Waals surface area contributed by atoms with E-state index in [-0.39, 0.29) is 38.1 Å². The third-order valence-corrected chi connectivity index (χ3v) is 13.2. The Kier molecular flexibility index (Phi) is 27.8. The standard InChI is InChI=1S/C52H85N3O16/c1-32-20-16-13-11-9-7-5-6-8-10-12-14-17-21-39(70-51-49(65)46(54)48(64)35(4)69-51)29-43-45(50(66)55-25-19-15-18-24-53)42(61)31-52(67,71-43)30-38(58)27-41(60)40(59)23-22-36(56)26-37(57)28-44(62)68-34(3)33(2)47(32)63/h5-14,16-17,20-21,32-43,45-49,51,56-61,63-65,67H,15,18-19,22-31,53-54H2,1-4H3,(H,55,66)/b6-5+,9-7+,10-8+,13-11+,14-12+,20-16+,21-17+/t32-,33-,34-,35+,36?,37?,38?,39?,40?,41?,42-,43-,45?,46-,47?,48?,49-,51-,52?/m0/s1. The molecule has 19 atom stereocenters. The molecule has 404 valence electrons. The monoisotopic (exact) mass is 1010 g/mol. The Morgan fingerprint density at radius 3 is 1.92 bits per heavy atom. The molecule has 1 amide bonds. The Morgan fingerprint density at radius 1 is 0.690 bits per heavy atom. The molecule has 0 spiro atoms. The maximum absolute atomic E-state index is 13.8. The number of ether oxygens (including phenoxy) is 4. The summed E-state index contributed by atoms with van der Waals surface area (Å²) < 4.78 is 23.8. The van der Waals surface area contributed by atoms with E-state index in [0.29, 0.717) is 13.0 Å². The van der Waals surface area contributed by atoms with Crippen LogP contribution in [0.4, 0.5) is 0 Å². The fourth-order valence-corrected chi connectivity index (χ4v) is 8.76. The van der Waals surface area contributed by atoms with Gasteiger partial charge in [-0.05, 0) is 52.5 Å². The lowest BCUT2D eigenvalue weighted by Crippen LogP contribution is -2.62. The van der Waals surface area contributed by atoms with Crippen LogP contribution in [0.5, 0.6) is 0 Å². The van der Waals surface area contributed by atoms with Gasteiger partial charge in [0.2, 0.25) is 5.91 Å². The summed E-state index contributed by atoms with van der Waals surface area (Å²) in [6.07, 6.45) is 6.99. The summed E-state index contributed by atoms with van der Waals surface area (Å²) in [6, 6.07) is -1.13. The van der Waals surface area contributed by atoms with Gasteiger partial charge in [0.05, 0.1) is 85.5 Å². The Balaban J connectivity index is 1.93. The average molecular weight is 1010 g/mol. The molecule has 19 heteroatoms. The number of rotatable bonds is 8. The second kappa shape index (κ2) is 32.0. The van der Waals surface area contributed by atoms with E-state index in [9.17, 15) is 60.7 Å². The molecule has 10 unspecified atom stereocenters. The molecule has 15 N–H and O–H groups in total. The van der Waals surface area contributed by atoms with Crippen LogP contribution in [-0.2, 0) is 28.5 Å². The first kappa shape index (κ1) is 61.8. The second-order valence-corrected chi connectivity index (χ2v) is 19.4.